The second-order valence-corrected chi connectivity index (χ2v) is 10.7. The molecule has 2 aliphatic carbocycles. The maximum Gasteiger partial charge on any atom is 0.407 e. The minimum absolute atomic E-state index is 0.0227. The Balaban J connectivity index is 1.33. The van der Waals surface area contributed by atoms with Gasteiger partial charge in [0.15, 0.2) is 0 Å². The average Bonchev–Trinajstić information content (AvgIpc) is 3.39. The lowest BCUT2D eigenvalue weighted by Gasteiger charge is -2.46. The zero-order valence-electron chi connectivity index (χ0n) is 18.4. The van der Waals surface area contributed by atoms with Crippen molar-refractivity contribution >= 4 is 12.0 Å². The van der Waals surface area contributed by atoms with E-state index >= 15 is 0 Å². The van der Waals surface area contributed by atoms with Crippen molar-refractivity contribution in [2.45, 2.75) is 69.7 Å². The van der Waals surface area contributed by atoms with E-state index in [4.69, 9.17) is 0 Å². The molecule has 0 bridgehead atoms. The largest absolute Gasteiger partial charge is 0.453 e. The number of methoxy groups -OCH3 is 1. The van der Waals surface area contributed by atoms with Crippen LogP contribution >= 0.6 is 0 Å². The maximum absolute atomic E-state index is 13.0. The van der Waals surface area contributed by atoms with Gasteiger partial charge < -0.3 is 15.0 Å². The minimum Gasteiger partial charge on any atom is -0.453 e. The first-order valence-electron chi connectivity index (χ1n) is 10.8. The van der Waals surface area contributed by atoms with E-state index in [1.54, 1.807) is 0 Å². The highest BCUT2D eigenvalue weighted by atomic mass is 16.5. The van der Waals surface area contributed by atoms with Crippen LogP contribution < -0.4 is 5.32 Å². The molecule has 1 aromatic carbocycles. The molecule has 3 aliphatic rings. The summed E-state index contributed by atoms with van der Waals surface area (Å²) in [7, 11) is 1.37. The van der Waals surface area contributed by atoms with Crippen molar-refractivity contribution in [3.8, 4) is 0 Å². The molecule has 0 radical (unpaired) electrons. The van der Waals surface area contributed by atoms with Gasteiger partial charge in [-0.25, -0.2) is 4.79 Å². The highest BCUT2D eigenvalue weighted by Crippen LogP contribution is 2.59. The van der Waals surface area contributed by atoms with Crippen molar-refractivity contribution in [1.82, 2.24) is 10.2 Å². The zero-order chi connectivity index (χ0) is 21.0. The van der Waals surface area contributed by atoms with Crippen LogP contribution in [0, 0.1) is 11.8 Å². The number of nitrogens with zero attached hydrogens (tertiary/aromatic N) is 1. The molecule has 158 valence electrons. The highest BCUT2D eigenvalue weighted by molar-refractivity contribution is 5.81. The molecule has 5 nitrogen and oxygen atoms in total. The van der Waals surface area contributed by atoms with Gasteiger partial charge >= 0.3 is 6.09 Å². The van der Waals surface area contributed by atoms with Crippen molar-refractivity contribution in [3.05, 3.63) is 35.4 Å². The topological polar surface area (TPSA) is 58.6 Å². The third-order valence-corrected chi connectivity index (χ3v) is 7.47. The predicted molar refractivity (Wildman–Crippen MR) is 113 cm³/mol. The molecule has 2 unspecified atom stereocenters. The van der Waals surface area contributed by atoms with Gasteiger partial charge in [0.1, 0.15) is 0 Å². The Morgan fingerprint density at radius 2 is 1.79 bits per heavy atom. The predicted octanol–water partition coefficient (Wildman–Crippen LogP) is 4.00. The van der Waals surface area contributed by atoms with Crippen LogP contribution in [-0.2, 0) is 20.4 Å². The van der Waals surface area contributed by atoms with E-state index in [2.05, 4.69) is 60.0 Å². The summed E-state index contributed by atoms with van der Waals surface area (Å²) in [6, 6.07) is 9.18. The Kier molecular flexibility index (Phi) is 4.71. The lowest BCUT2D eigenvalue weighted by atomic mass is 9.68. The highest BCUT2D eigenvalue weighted by Gasteiger charge is 2.58. The Morgan fingerprint density at radius 3 is 2.34 bits per heavy atom. The molecule has 5 heteroatoms. The first-order chi connectivity index (χ1) is 13.6. The number of fused-ring (bicyclic) bond motifs is 1. The van der Waals surface area contributed by atoms with Crippen LogP contribution in [-0.4, -0.2) is 42.6 Å². The average molecular weight is 399 g/mol. The number of ether oxygens (including phenoxy) is 1. The fraction of sp³-hybridized carbons (Fsp3) is 0.667. The van der Waals surface area contributed by atoms with Crippen LogP contribution in [0.25, 0.3) is 0 Å². The summed E-state index contributed by atoms with van der Waals surface area (Å²) in [5, 5.41) is 2.86. The van der Waals surface area contributed by atoms with Crippen molar-refractivity contribution in [1.29, 1.82) is 0 Å². The quantitative estimate of drug-likeness (QED) is 0.837. The Labute approximate surface area is 174 Å². The smallest absolute Gasteiger partial charge is 0.407 e. The number of alkyl carbamates (subject to hydrolysis) is 1. The van der Waals surface area contributed by atoms with Crippen LogP contribution in [0.2, 0.25) is 0 Å². The Hall–Kier alpha value is -2.04. The second-order valence-electron chi connectivity index (χ2n) is 10.7. The van der Waals surface area contributed by atoms with E-state index in [1.165, 1.54) is 24.7 Å². The molecule has 2 amide bonds. The van der Waals surface area contributed by atoms with E-state index in [0.717, 1.165) is 19.5 Å². The van der Waals surface area contributed by atoms with Gasteiger partial charge in [0.2, 0.25) is 5.91 Å². The number of carbonyl (C=O) groups is 2. The first kappa shape index (κ1) is 20.2. The number of rotatable bonds is 3. The van der Waals surface area contributed by atoms with Crippen molar-refractivity contribution < 1.29 is 14.3 Å². The van der Waals surface area contributed by atoms with Gasteiger partial charge in [-0.15, -0.1) is 0 Å². The summed E-state index contributed by atoms with van der Waals surface area (Å²) in [6.45, 7) is 10.4. The summed E-state index contributed by atoms with van der Waals surface area (Å²) >= 11 is 0. The molecule has 2 saturated carbocycles. The van der Waals surface area contributed by atoms with E-state index < -0.39 is 6.09 Å². The monoisotopic (exact) mass is 398 g/mol. The van der Waals surface area contributed by atoms with Gasteiger partial charge in [0.25, 0.3) is 0 Å². The van der Waals surface area contributed by atoms with Crippen molar-refractivity contribution in [2.24, 2.45) is 11.8 Å². The molecule has 29 heavy (non-hydrogen) atoms. The second kappa shape index (κ2) is 6.75. The van der Waals surface area contributed by atoms with Gasteiger partial charge in [-0.2, -0.15) is 0 Å². The number of piperidine rings is 1. The van der Waals surface area contributed by atoms with E-state index in [1.807, 2.05) is 6.92 Å². The number of nitrogens with one attached hydrogen (secondary N) is 1. The van der Waals surface area contributed by atoms with Gasteiger partial charge in [-0.1, -0.05) is 45.0 Å². The molecular weight excluding hydrogens is 364 g/mol. The van der Waals surface area contributed by atoms with Crippen LogP contribution in [0.1, 0.15) is 64.5 Å². The zero-order valence-corrected chi connectivity index (χ0v) is 18.4. The number of hydrogen-bond donors (Lipinski definition) is 1. The molecule has 1 aromatic rings. The molecule has 1 heterocycles. The van der Waals surface area contributed by atoms with E-state index in [0.29, 0.717) is 18.8 Å². The number of carbonyl (C=O) groups excluding carboxylic acids is 2. The number of benzene rings is 1. The molecule has 3 fully saturated rings. The van der Waals surface area contributed by atoms with Gasteiger partial charge in [-0.3, -0.25) is 4.79 Å². The minimum atomic E-state index is -0.420. The molecule has 0 aromatic heterocycles. The molecule has 2 atom stereocenters. The third-order valence-electron chi connectivity index (χ3n) is 7.47. The molecular formula is C24H34N2O3. The van der Waals surface area contributed by atoms with Crippen LogP contribution in [0.5, 0.6) is 0 Å². The van der Waals surface area contributed by atoms with Crippen LogP contribution in [0.3, 0.4) is 0 Å². The SMILES string of the molecule is COC(=O)NC1(C)CC(C(=O)N2CCC3(c4ccc(C(C)(C)C)cc4)CC3C2)C1. The van der Waals surface area contributed by atoms with Crippen molar-refractivity contribution in [3.63, 3.8) is 0 Å². The number of amides is 2. The normalized spacial score (nSPS) is 33.3. The number of likely N-dealkylation sites (tertiary alicyclic amines) is 1. The summed E-state index contributed by atoms with van der Waals surface area (Å²) < 4.78 is 4.69. The Bertz CT molecular complexity index is 804. The first-order valence-corrected chi connectivity index (χ1v) is 10.8. The lowest BCUT2D eigenvalue weighted by molar-refractivity contribution is -0.142. The van der Waals surface area contributed by atoms with E-state index in [9.17, 15) is 9.59 Å². The van der Waals surface area contributed by atoms with Crippen LogP contribution in [0.15, 0.2) is 24.3 Å². The maximum atomic E-state index is 13.0. The van der Waals surface area contributed by atoms with E-state index in [-0.39, 0.29) is 28.2 Å². The molecule has 4 rings (SSSR count). The van der Waals surface area contributed by atoms with Crippen molar-refractivity contribution in [2.75, 3.05) is 20.2 Å². The Morgan fingerprint density at radius 1 is 1.14 bits per heavy atom. The van der Waals surface area contributed by atoms with Gasteiger partial charge in [0, 0.05) is 30.0 Å². The summed E-state index contributed by atoms with van der Waals surface area (Å²) in [5.74, 6) is 0.868. The fourth-order valence-corrected chi connectivity index (χ4v) is 5.48. The molecule has 1 saturated heterocycles. The standard InChI is InChI=1S/C24H34N2O3/c1-22(2,3)17-6-8-18(9-7-17)24-10-11-26(15-19(24)14-24)20(27)16-12-23(4,13-16)25-21(28)29-5/h6-9,16,19H,10-15H2,1-5H3,(H,25,28). The summed E-state index contributed by atoms with van der Waals surface area (Å²) in [6.07, 6.45) is 3.22. The molecule has 0 spiro atoms. The van der Waals surface area contributed by atoms with Crippen LogP contribution in [0.4, 0.5) is 4.79 Å². The number of hydrogen-bond acceptors (Lipinski definition) is 3. The molecule has 1 N–H and O–H groups in total. The van der Waals surface area contributed by atoms with Gasteiger partial charge in [-0.05, 0) is 55.1 Å². The fourth-order valence-electron chi connectivity index (χ4n) is 5.48. The summed E-state index contributed by atoms with van der Waals surface area (Å²) in [4.78, 5) is 26.5. The lowest BCUT2D eigenvalue weighted by Crippen LogP contribution is -2.59. The third kappa shape index (κ3) is 3.64. The molecule has 1 aliphatic heterocycles. The summed E-state index contributed by atoms with van der Waals surface area (Å²) in [5.41, 5.74) is 2.96. The van der Waals surface area contributed by atoms with Gasteiger partial charge in [0.05, 0.1) is 7.11 Å².